The van der Waals surface area contributed by atoms with Crippen molar-refractivity contribution in [3.05, 3.63) is 27.7 Å². The van der Waals surface area contributed by atoms with Gasteiger partial charge >= 0.3 is 5.97 Å². The highest BCUT2D eigenvalue weighted by Crippen LogP contribution is 2.39. The molecule has 0 fully saturated rings. The van der Waals surface area contributed by atoms with Crippen LogP contribution in [-0.4, -0.2) is 28.6 Å². The third-order valence-corrected chi connectivity index (χ3v) is 3.64. The summed E-state index contributed by atoms with van der Waals surface area (Å²) in [4.78, 5) is 22.6. The van der Waals surface area contributed by atoms with Crippen LogP contribution in [0.25, 0.3) is 0 Å². The molecule has 6 nitrogen and oxygen atoms in total. The number of aliphatic carboxylic acids is 1. The predicted molar refractivity (Wildman–Crippen MR) is 86.7 cm³/mol. The standard InChI is InChI=1S/C15H21BrN2O4/c1-15(2,3)10-5-8(16)4-9(14(10)22)11(6-13(20)21)18-12(19)7-17/h4-5,11,22H,6-7,17H2,1-3H3,(H,18,19)(H,20,21). The van der Waals surface area contributed by atoms with Gasteiger partial charge in [0.05, 0.1) is 19.0 Å². The van der Waals surface area contributed by atoms with Gasteiger partial charge in [0.15, 0.2) is 0 Å². The quantitative estimate of drug-likeness (QED) is 0.631. The fraction of sp³-hybridized carbons (Fsp3) is 0.467. The number of carboxylic acid groups (broad SMARTS) is 1. The summed E-state index contributed by atoms with van der Waals surface area (Å²) in [5.74, 6) is -1.58. The van der Waals surface area contributed by atoms with Crippen molar-refractivity contribution in [2.24, 2.45) is 5.73 Å². The molecule has 1 rings (SSSR count). The molecule has 122 valence electrons. The van der Waals surface area contributed by atoms with E-state index in [0.29, 0.717) is 15.6 Å². The number of phenols is 1. The molecule has 0 radical (unpaired) electrons. The number of aromatic hydroxyl groups is 1. The monoisotopic (exact) mass is 372 g/mol. The molecule has 7 heteroatoms. The number of rotatable bonds is 5. The molecule has 0 bridgehead atoms. The topological polar surface area (TPSA) is 113 Å². The number of halogens is 1. The molecule has 1 aromatic carbocycles. The van der Waals surface area contributed by atoms with Crippen LogP contribution in [0.4, 0.5) is 0 Å². The van der Waals surface area contributed by atoms with Crippen molar-refractivity contribution in [3.8, 4) is 5.75 Å². The van der Waals surface area contributed by atoms with Gasteiger partial charge in [-0.15, -0.1) is 0 Å². The lowest BCUT2D eigenvalue weighted by atomic mass is 9.84. The Balaban J connectivity index is 3.37. The van der Waals surface area contributed by atoms with Crippen molar-refractivity contribution >= 4 is 27.8 Å². The van der Waals surface area contributed by atoms with Crippen molar-refractivity contribution in [1.29, 1.82) is 0 Å². The van der Waals surface area contributed by atoms with E-state index in [2.05, 4.69) is 21.2 Å². The number of phenolic OH excluding ortho intramolecular Hbond substituents is 1. The molecule has 1 amide bonds. The first kappa shape index (κ1) is 18.4. The first-order valence-corrected chi connectivity index (χ1v) is 7.59. The van der Waals surface area contributed by atoms with Gasteiger partial charge in [0.1, 0.15) is 5.75 Å². The molecule has 0 heterocycles. The minimum absolute atomic E-state index is 0.0146. The summed E-state index contributed by atoms with van der Waals surface area (Å²) in [5, 5.41) is 22.1. The zero-order valence-corrected chi connectivity index (χ0v) is 14.4. The molecular formula is C15H21BrN2O4. The van der Waals surface area contributed by atoms with Gasteiger partial charge < -0.3 is 21.3 Å². The molecular weight excluding hydrogens is 352 g/mol. The first-order chi connectivity index (χ1) is 10.1. The minimum atomic E-state index is -1.08. The zero-order chi connectivity index (χ0) is 17.1. The molecule has 0 saturated heterocycles. The van der Waals surface area contributed by atoms with Crippen molar-refractivity contribution in [1.82, 2.24) is 5.32 Å². The van der Waals surface area contributed by atoms with E-state index in [1.807, 2.05) is 20.8 Å². The fourth-order valence-corrected chi connectivity index (χ4v) is 2.60. The molecule has 0 aliphatic rings. The number of nitrogens with two attached hydrogens (primary N) is 1. The highest BCUT2D eigenvalue weighted by atomic mass is 79.9. The van der Waals surface area contributed by atoms with E-state index in [9.17, 15) is 14.7 Å². The smallest absolute Gasteiger partial charge is 0.305 e. The lowest BCUT2D eigenvalue weighted by Crippen LogP contribution is -2.35. The van der Waals surface area contributed by atoms with E-state index >= 15 is 0 Å². The number of carboxylic acids is 1. The van der Waals surface area contributed by atoms with Crippen LogP contribution in [0.5, 0.6) is 5.75 Å². The number of hydrogen-bond donors (Lipinski definition) is 4. The molecule has 22 heavy (non-hydrogen) atoms. The Morgan fingerprint density at radius 1 is 1.36 bits per heavy atom. The maximum Gasteiger partial charge on any atom is 0.305 e. The predicted octanol–water partition coefficient (Wildman–Crippen LogP) is 2.04. The van der Waals surface area contributed by atoms with Gasteiger partial charge in [-0.05, 0) is 17.5 Å². The average molecular weight is 373 g/mol. The highest BCUT2D eigenvalue weighted by molar-refractivity contribution is 9.10. The summed E-state index contributed by atoms with van der Waals surface area (Å²) >= 11 is 3.36. The fourth-order valence-electron chi connectivity index (χ4n) is 2.12. The third kappa shape index (κ3) is 4.71. The summed E-state index contributed by atoms with van der Waals surface area (Å²) in [6.07, 6.45) is -0.348. The van der Waals surface area contributed by atoms with Crippen molar-refractivity contribution in [3.63, 3.8) is 0 Å². The van der Waals surface area contributed by atoms with Crippen molar-refractivity contribution < 1.29 is 19.8 Å². The first-order valence-electron chi connectivity index (χ1n) is 6.80. The minimum Gasteiger partial charge on any atom is -0.507 e. The summed E-state index contributed by atoms with van der Waals surface area (Å²) in [5.41, 5.74) is 5.94. The van der Waals surface area contributed by atoms with E-state index in [1.165, 1.54) is 0 Å². The number of carbonyl (C=O) groups is 2. The van der Waals surface area contributed by atoms with Crippen LogP contribution >= 0.6 is 15.9 Å². The van der Waals surface area contributed by atoms with Gasteiger partial charge in [0, 0.05) is 15.6 Å². The van der Waals surface area contributed by atoms with E-state index in [0.717, 1.165) is 0 Å². The van der Waals surface area contributed by atoms with Gasteiger partial charge in [-0.1, -0.05) is 36.7 Å². The molecule has 0 spiro atoms. The van der Waals surface area contributed by atoms with Crippen LogP contribution in [0.2, 0.25) is 0 Å². The second-order valence-electron chi connectivity index (χ2n) is 6.06. The Labute approximate surface area is 137 Å². The normalized spacial score (nSPS) is 12.8. The Kier molecular flexibility index (Phi) is 5.96. The summed E-state index contributed by atoms with van der Waals surface area (Å²) in [7, 11) is 0. The Morgan fingerprint density at radius 3 is 2.41 bits per heavy atom. The summed E-state index contributed by atoms with van der Waals surface area (Å²) < 4.78 is 0.697. The lowest BCUT2D eigenvalue weighted by Gasteiger charge is -2.25. The molecule has 1 atom stereocenters. The molecule has 0 aromatic heterocycles. The largest absolute Gasteiger partial charge is 0.507 e. The van der Waals surface area contributed by atoms with Gasteiger partial charge in [0.2, 0.25) is 5.91 Å². The van der Waals surface area contributed by atoms with Crippen LogP contribution < -0.4 is 11.1 Å². The Hall–Kier alpha value is -1.60. The Morgan fingerprint density at radius 2 is 1.95 bits per heavy atom. The van der Waals surface area contributed by atoms with Crippen LogP contribution in [0.3, 0.4) is 0 Å². The average Bonchev–Trinajstić information content (AvgIpc) is 2.38. The van der Waals surface area contributed by atoms with E-state index in [4.69, 9.17) is 10.8 Å². The number of carbonyl (C=O) groups excluding carboxylic acids is 1. The number of nitrogens with one attached hydrogen (secondary N) is 1. The summed E-state index contributed by atoms with van der Waals surface area (Å²) in [6.45, 7) is 5.55. The second kappa shape index (κ2) is 7.11. The molecule has 0 aliphatic carbocycles. The molecule has 1 unspecified atom stereocenters. The van der Waals surface area contributed by atoms with E-state index < -0.39 is 17.9 Å². The van der Waals surface area contributed by atoms with Crippen LogP contribution in [-0.2, 0) is 15.0 Å². The number of benzene rings is 1. The van der Waals surface area contributed by atoms with Crippen LogP contribution in [0.1, 0.15) is 44.4 Å². The van der Waals surface area contributed by atoms with Gasteiger partial charge in [0.25, 0.3) is 0 Å². The maximum atomic E-state index is 11.5. The van der Waals surface area contributed by atoms with Gasteiger partial charge in [-0.25, -0.2) is 0 Å². The molecule has 1 aromatic rings. The lowest BCUT2D eigenvalue weighted by molar-refractivity contribution is -0.137. The highest BCUT2D eigenvalue weighted by Gasteiger charge is 2.26. The molecule has 0 aliphatic heterocycles. The Bertz CT molecular complexity index is 582. The van der Waals surface area contributed by atoms with E-state index in [1.54, 1.807) is 12.1 Å². The molecule has 5 N–H and O–H groups in total. The SMILES string of the molecule is CC(C)(C)c1cc(Br)cc(C(CC(=O)O)NC(=O)CN)c1O. The van der Waals surface area contributed by atoms with Crippen LogP contribution in [0.15, 0.2) is 16.6 Å². The maximum absolute atomic E-state index is 11.5. The van der Waals surface area contributed by atoms with E-state index in [-0.39, 0.29) is 24.1 Å². The van der Waals surface area contributed by atoms with Gasteiger partial charge in [-0.3, -0.25) is 9.59 Å². The van der Waals surface area contributed by atoms with Crippen molar-refractivity contribution in [2.45, 2.75) is 38.6 Å². The zero-order valence-electron chi connectivity index (χ0n) is 12.8. The number of amides is 1. The van der Waals surface area contributed by atoms with Gasteiger partial charge in [-0.2, -0.15) is 0 Å². The third-order valence-electron chi connectivity index (χ3n) is 3.19. The van der Waals surface area contributed by atoms with Crippen LogP contribution in [0, 0.1) is 0 Å². The number of hydrogen-bond acceptors (Lipinski definition) is 4. The second-order valence-corrected chi connectivity index (χ2v) is 6.98. The van der Waals surface area contributed by atoms with Crippen molar-refractivity contribution in [2.75, 3.05) is 6.54 Å². The summed E-state index contributed by atoms with van der Waals surface area (Å²) in [6, 6.07) is 2.53. The molecule has 0 saturated carbocycles.